The number of anilines is 1. The summed E-state index contributed by atoms with van der Waals surface area (Å²) >= 11 is 0. The normalized spacial score (nSPS) is 17.4. The van der Waals surface area contributed by atoms with Gasteiger partial charge in [0.2, 0.25) is 0 Å². The molecule has 3 aromatic carbocycles. The Morgan fingerprint density at radius 2 is 1.69 bits per heavy atom. The second kappa shape index (κ2) is 12.2. The van der Waals surface area contributed by atoms with E-state index in [1.165, 1.54) is 16.7 Å². The van der Waals surface area contributed by atoms with Gasteiger partial charge in [0.15, 0.2) is 23.1 Å². The molecule has 0 bridgehead atoms. The minimum Gasteiger partial charge on any atom is -0.508 e. The van der Waals surface area contributed by atoms with Gasteiger partial charge < -0.3 is 29.5 Å². The van der Waals surface area contributed by atoms with E-state index in [0.717, 1.165) is 63.0 Å². The Balaban J connectivity index is 1.42. The Kier molecular flexibility index (Phi) is 8.46. The van der Waals surface area contributed by atoms with Crippen LogP contribution in [0.25, 0.3) is 0 Å². The largest absolute Gasteiger partial charge is 0.508 e. The van der Waals surface area contributed by atoms with Crippen molar-refractivity contribution >= 4 is 5.69 Å². The van der Waals surface area contributed by atoms with Crippen molar-refractivity contribution in [3.05, 3.63) is 76.6 Å². The van der Waals surface area contributed by atoms with E-state index >= 15 is 4.39 Å². The summed E-state index contributed by atoms with van der Waals surface area (Å²) in [6, 6.07) is 15.2. The number of phenols is 1. The SMILES string of the molecule is CCN(Cc1ccc(OC2CCNCC2)c(F)c1)c1cc(OC)c(OC)cc1C1CCc2cc(O)ccc2C1. The van der Waals surface area contributed by atoms with Crippen molar-refractivity contribution in [1.29, 1.82) is 0 Å². The van der Waals surface area contributed by atoms with E-state index in [1.54, 1.807) is 32.4 Å². The van der Waals surface area contributed by atoms with Crippen molar-refractivity contribution in [2.75, 3.05) is 38.8 Å². The summed E-state index contributed by atoms with van der Waals surface area (Å²) in [5.74, 6) is 1.98. The molecule has 6 nitrogen and oxygen atoms in total. The fraction of sp³-hybridized carbons (Fsp3) is 0.438. The first-order valence-corrected chi connectivity index (χ1v) is 14.0. The number of nitrogens with one attached hydrogen (secondary N) is 1. The van der Waals surface area contributed by atoms with Crippen LogP contribution in [0.4, 0.5) is 10.1 Å². The van der Waals surface area contributed by atoms with Crippen molar-refractivity contribution < 1.29 is 23.7 Å². The standard InChI is InChI=1S/C32H39FN2O4/c1-4-35(20-21-5-10-30(28(33)15-21)39-26-11-13-34-14-12-26)29-19-32(38-3)31(37-2)18-27(29)24-7-6-23-17-25(36)9-8-22(23)16-24/h5,8-10,15,17-19,24,26,34,36H,4,6-7,11-14,16,20H2,1-3H3. The van der Waals surface area contributed by atoms with Crippen molar-refractivity contribution in [3.63, 3.8) is 0 Å². The molecule has 1 saturated heterocycles. The molecule has 0 aromatic heterocycles. The lowest BCUT2D eigenvalue weighted by Gasteiger charge is -2.32. The summed E-state index contributed by atoms with van der Waals surface area (Å²) in [5.41, 5.74) is 5.62. The Bertz CT molecular complexity index is 1290. The highest BCUT2D eigenvalue weighted by atomic mass is 19.1. The summed E-state index contributed by atoms with van der Waals surface area (Å²) in [6.07, 6.45) is 4.58. The number of piperidine rings is 1. The number of hydrogen-bond acceptors (Lipinski definition) is 6. The molecular weight excluding hydrogens is 495 g/mol. The molecule has 1 fully saturated rings. The van der Waals surface area contributed by atoms with Crippen molar-refractivity contribution in [2.24, 2.45) is 0 Å². The van der Waals surface area contributed by atoms with Gasteiger partial charge >= 0.3 is 0 Å². The lowest BCUT2D eigenvalue weighted by Crippen LogP contribution is -2.34. The van der Waals surface area contributed by atoms with E-state index in [1.807, 2.05) is 18.2 Å². The first-order valence-electron chi connectivity index (χ1n) is 14.0. The summed E-state index contributed by atoms with van der Waals surface area (Å²) < 4.78 is 32.4. The summed E-state index contributed by atoms with van der Waals surface area (Å²) in [5, 5.41) is 13.2. The molecule has 5 rings (SSSR count). The van der Waals surface area contributed by atoms with Crippen LogP contribution in [0.3, 0.4) is 0 Å². The molecule has 39 heavy (non-hydrogen) atoms. The smallest absolute Gasteiger partial charge is 0.165 e. The van der Waals surface area contributed by atoms with Crippen molar-refractivity contribution in [1.82, 2.24) is 5.32 Å². The number of nitrogens with zero attached hydrogens (tertiary/aromatic N) is 1. The first kappa shape index (κ1) is 27.1. The predicted octanol–water partition coefficient (Wildman–Crippen LogP) is 5.98. The van der Waals surface area contributed by atoms with Gasteiger partial charge in [-0.1, -0.05) is 12.1 Å². The number of phenolic OH excluding ortho intramolecular Hbond substituents is 1. The number of fused-ring (bicyclic) bond motifs is 1. The average Bonchev–Trinajstić information content (AvgIpc) is 2.96. The summed E-state index contributed by atoms with van der Waals surface area (Å²) in [7, 11) is 3.31. The van der Waals surface area contributed by atoms with Gasteiger partial charge in [0.25, 0.3) is 0 Å². The van der Waals surface area contributed by atoms with E-state index in [2.05, 4.69) is 29.3 Å². The third-order valence-corrected chi connectivity index (χ3v) is 8.06. The van der Waals surface area contributed by atoms with Crippen LogP contribution in [0.15, 0.2) is 48.5 Å². The number of halogens is 1. The Morgan fingerprint density at radius 3 is 2.41 bits per heavy atom. The zero-order chi connectivity index (χ0) is 27.4. The van der Waals surface area contributed by atoms with Gasteiger partial charge in [-0.2, -0.15) is 0 Å². The fourth-order valence-corrected chi connectivity index (χ4v) is 5.91. The molecule has 1 heterocycles. The van der Waals surface area contributed by atoms with Gasteiger partial charge in [-0.25, -0.2) is 4.39 Å². The first-order chi connectivity index (χ1) is 19.0. The van der Waals surface area contributed by atoms with Crippen molar-refractivity contribution in [2.45, 2.75) is 57.6 Å². The molecular formula is C32H39FN2O4. The van der Waals surface area contributed by atoms with E-state index in [0.29, 0.717) is 29.5 Å². The Labute approximate surface area is 230 Å². The maximum absolute atomic E-state index is 15.1. The van der Waals surface area contributed by atoms with E-state index in [-0.39, 0.29) is 17.8 Å². The van der Waals surface area contributed by atoms with Crippen LogP contribution in [0.1, 0.15) is 54.4 Å². The number of aromatic hydroxyl groups is 1. The van der Waals surface area contributed by atoms with Gasteiger partial charge in [-0.15, -0.1) is 0 Å². The number of aryl methyl sites for hydroxylation is 1. The highest BCUT2D eigenvalue weighted by Gasteiger charge is 2.26. The highest BCUT2D eigenvalue weighted by Crippen LogP contribution is 2.43. The topological polar surface area (TPSA) is 63.2 Å². The molecule has 0 saturated carbocycles. The van der Waals surface area contributed by atoms with E-state index in [4.69, 9.17) is 14.2 Å². The molecule has 1 aliphatic heterocycles. The lowest BCUT2D eigenvalue weighted by molar-refractivity contribution is 0.156. The molecule has 0 spiro atoms. The Morgan fingerprint density at radius 1 is 0.923 bits per heavy atom. The quantitative estimate of drug-likeness (QED) is 0.352. The van der Waals surface area contributed by atoms with Gasteiger partial charge in [0.1, 0.15) is 11.9 Å². The number of methoxy groups -OCH3 is 2. The molecule has 0 radical (unpaired) electrons. The molecule has 208 valence electrons. The van der Waals surface area contributed by atoms with Crippen LogP contribution in [0.2, 0.25) is 0 Å². The summed E-state index contributed by atoms with van der Waals surface area (Å²) in [4.78, 5) is 2.27. The van der Waals surface area contributed by atoms with Crippen LogP contribution in [0.5, 0.6) is 23.0 Å². The third-order valence-electron chi connectivity index (χ3n) is 8.06. The maximum Gasteiger partial charge on any atom is 0.165 e. The molecule has 1 atom stereocenters. The molecule has 2 aliphatic rings. The molecule has 1 aliphatic carbocycles. The van der Waals surface area contributed by atoms with E-state index in [9.17, 15) is 5.11 Å². The van der Waals surface area contributed by atoms with E-state index < -0.39 is 0 Å². The van der Waals surface area contributed by atoms with Crippen LogP contribution in [-0.4, -0.2) is 45.1 Å². The predicted molar refractivity (Wildman–Crippen MR) is 152 cm³/mol. The monoisotopic (exact) mass is 534 g/mol. The van der Waals surface area contributed by atoms with Gasteiger partial charge in [-0.05, 0) is 111 Å². The minimum atomic E-state index is -0.318. The lowest BCUT2D eigenvalue weighted by atomic mass is 9.79. The van der Waals surface area contributed by atoms with Crippen LogP contribution in [0, 0.1) is 5.82 Å². The fourth-order valence-electron chi connectivity index (χ4n) is 5.91. The zero-order valence-electron chi connectivity index (χ0n) is 23.1. The zero-order valence-corrected chi connectivity index (χ0v) is 23.1. The van der Waals surface area contributed by atoms with Crippen molar-refractivity contribution in [3.8, 4) is 23.0 Å². The van der Waals surface area contributed by atoms with Gasteiger partial charge in [0, 0.05) is 24.8 Å². The molecule has 1 unspecified atom stereocenters. The maximum atomic E-state index is 15.1. The minimum absolute atomic E-state index is 0.0534. The molecule has 3 aromatic rings. The summed E-state index contributed by atoms with van der Waals surface area (Å²) in [6.45, 7) is 5.22. The van der Waals surface area contributed by atoms with Crippen LogP contribution < -0.4 is 24.4 Å². The molecule has 7 heteroatoms. The number of benzene rings is 3. The third kappa shape index (κ3) is 6.09. The molecule has 0 amide bonds. The second-order valence-electron chi connectivity index (χ2n) is 10.5. The molecule has 2 N–H and O–H groups in total. The van der Waals surface area contributed by atoms with Gasteiger partial charge in [-0.3, -0.25) is 0 Å². The van der Waals surface area contributed by atoms with Crippen LogP contribution in [-0.2, 0) is 19.4 Å². The van der Waals surface area contributed by atoms with Crippen LogP contribution >= 0.6 is 0 Å². The number of ether oxygens (including phenoxy) is 3. The number of hydrogen-bond donors (Lipinski definition) is 2. The second-order valence-corrected chi connectivity index (χ2v) is 10.5. The number of rotatable bonds is 9. The highest BCUT2D eigenvalue weighted by molar-refractivity contribution is 5.64. The Hall–Kier alpha value is -3.45. The average molecular weight is 535 g/mol. The van der Waals surface area contributed by atoms with Gasteiger partial charge in [0.05, 0.1) is 14.2 Å².